The highest BCUT2D eigenvalue weighted by atomic mass is 16.7. The lowest BCUT2D eigenvalue weighted by atomic mass is 9.89. The summed E-state index contributed by atoms with van der Waals surface area (Å²) in [5.41, 5.74) is 10.9. The molecule has 1 aliphatic rings. The molecule has 0 aromatic rings. The molecule has 1 fully saturated rings. The molecule has 0 bridgehead atoms. The Balaban J connectivity index is 2.70. The zero-order valence-corrected chi connectivity index (χ0v) is 15.4. The molecule has 0 aromatic heterocycles. The van der Waals surface area contributed by atoms with Gasteiger partial charge in [0.2, 0.25) is 5.91 Å². The maximum Gasteiger partial charge on any atom is 0.280 e. The second-order valence-electron chi connectivity index (χ2n) is 6.66. The molecule has 158 valence electrons. The molecule has 11 heteroatoms. The average Bonchev–Trinajstić information content (AvgIpc) is 2.64. The molecule has 11 nitrogen and oxygen atoms in total. The lowest BCUT2D eigenvalue weighted by Gasteiger charge is -2.45. The summed E-state index contributed by atoms with van der Waals surface area (Å²) in [5.74, 6) is -2.95. The van der Waals surface area contributed by atoms with Crippen LogP contribution in [0.5, 0.6) is 0 Å². The van der Waals surface area contributed by atoms with Crippen molar-refractivity contribution in [2.24, 2.45) is 11.5 Å². The van der Waals surface area contributed by atoms with E-state index < -0.39 is 48.8 Å². The molecule has 6 atom stereocenters. The van der Waals surface area contributed by atoms with Crippen molar-refractivity contribution in [3.05, 3.63) is 0 Å². The molecule has 1 saturated heterocycles. The molecule has 0 saturated carbocycles. The van der Waals surface area contributed by atoms with Crippen LogP contribution in [0.25, 0.3) is 0 Å². The summed E-state index contributed by atoms with van der Waals surface area (Å²) in [6, 6.07) is -1.09. The molecule has 1 aliphatic heterocycles. The van der Waals surface area contributed by atoms with Gasteiger partial charge in [-0.1, -0.05) is 6.42 Å². The van der Waals surface area contributed by atoms with E-state index in [1.54, 1.807) is 0 Å². The van der Waals surface area contributed by atoms with Gasteiger partial charge in [-0.3, -0.25) is 9.59 Å². The van der Waals surface area contributed by atoms with E-state index in [1.807, 2.05) is 0 Å². The number of amides is 2. The van der Waals surface area contributed by atoms with Gasteiger partial charge in [-0.05, 0) is 12.8 Å². The highest BCUT2D eigenvalue weighted by molar-refractivity contribution is 5.84. The number of hydrogen-bond donors (Lipinski definition) is 7. The number of nitrogens with one attached hydrogen (secondary N) is 1. The summed E-state index contributed by atoms with van der Waals surface area (Å²) in [4.78, 5) is 23.2. The summed E-state index contributed by atoms with van der Waals surface area (Å²) in [6.07, 6.45) is -3.88. The van der Waals surface area contributed by atoms with Crippen molar-refractivity contribution in [2.45, 2.75) is 68.3 Å². The summed E-state index contributed by atoms with van der Waals surface area (Å²) in [7, 11) is 1.21. The van der Waals surface area contributed by atoms with Crippen LogP contribution < -0.4 is 16.8 Å². The fraction of sp³-hybridized carbons (Fsp3) is 0.875. The Hall–Kier alpha value is -1.34. The van der Waals surface area contributed by atoms with E-state index in [0.717, 1.165) is 0 Å². The molecule has 0 radical (unpaired) electrons. The van der Waals surface area contributed by atoms with E-state index in [1.165, 1.54) is 7.11 Å². The minimum Gasteiger partial charge on any atom is -0.394 e. The van der Waals surface area contributed by atoms with Crippen LogP contribution in [-0.2, 0) is 19.1 Å². The first kappa shape index (κ1) is 23.7. The molecule has 1 rings (SSSR count). The molecule has 1 heterocycles. The van der Waals surface area contributed by atoms with Gasteiger partial charge in [-0.15, -0.1) is 0 Å². The van der Waals surface area contributed by atoms with E-state index >= 15 is 0 Å². The summed E-state index contributed by atoms with van der Waals surface area (Å²) in [5, 5.41) is 41.6. The third-order valence-corrected chi connectivity index (χ3v) is 4.61. The number of hydrogen-bond acceptors (Lipinski definition) is 9. The third-order valence-electron chi connectivity index (χ3n) is 4.61. The maximum absolute atomic E-state index is 12.6. The highest BCUT2D eigenvalue weighted by Gasteiger charge is 2.53. The predicted octanol–water partition coefficient (Wildman–Crippen LogP) is -3.32. The molecular weight excluding hydrogens is 362 g/mol. The van der Waals surface area contributed by atoms with Crippen LogP contribution in [0.2, 0.25) is 0 Å². The molecule has 0 spiro atoms. The Labute approximate surface area is 157 Å². The lowest BCUT2D eigenvalue weighted by molar-refractivity contribution is -0.293. The fourth-order valence-electron chi connectivity index (χ4n) is 2.91. The van der Waals surface area contributed by atoms with Crippen molar-refractivity contribution in [2.75, 3.05) is 20.3 Å². The molecule has 0 aliphatic carbocycles. The van der Waals surface area contributed by atoms with Crippen molar-refractivity contribution in [3.8, 4) is 0 Å². The number of methoxy groups -OCH3 is 1. The smallest absolute Gasteiger partial charge is 0.280 e. The van der Waals surface area contributed by atoms with Gasteiger partial charge in [0.1, 0.15) is 18.3 Å². The van der Waals surface area contributed by atoms with Crippen molar-refractivity contribution >= 4 is 11.8 Å². The number of ether oxygens (including phenoxy) is 2. The first-order valence-corrected chi connectivity index (χ1v) is 8.88. The lowest BCUT2D eigenvalue weighted by Crippen LogP contribution is -2.67. The van der Waals surface area contributed by atoms with Crippen LogP contribution in [-0.4, -0.2) is 88.7 Å². The SMILES string of the molecule is CO[C@@]1(C(=O)NCCCCCC(N)=O)C[C@H](O)[C@@H](N)[C@H]([C@H](O)[C@H](O)CO)O1. The number of carbonyl (C=O) groups is 2. The number of rotatable bonds is 11. The molecule has 2 amide bonds. The monoisotopic (exact) mass is 393 g/mol. The van der Waals surface area contributed by atoms with Gasteiger partial charge in [-0.25, -0.2) is 0 Å². The van der Waals surface area contributed by atoms with Gasteiger partial charge in [0.05, 0.1) is 18.8 Å². The molecular formula is C16H31N3O8. The van der Waals surface area contributed by atoms with Gasteiger partial charge in [0, 0.05) is 26.5 Å². The summed E-state index contributed by atoms with van der Waals surface area (Å²) < 4.78 is 10.8. The summed E-state index contributed by atoms with van der Waals surface area (Å²) >= 11 is 0. The zero-order valence-electron chi connectivity index (χ0n) is 15.4. The number of primary amides is 1. The van der Waals surface area contributed by atoms with E-state index in [4.69, 9.17) is 26.0 Å². The Morgan fingerprint density at radius 3 is 2.56 bits per heavy atom. The van der Waals surface area contributed by atoms with E-state index in [0.29, 0.717) is 19.3 Å². The van der Waals surface area contributed by atoms with Crippen LogP contribution >= 0.6 is 0 Å². The Kier molecular flexibility index (Phi) is 9.53. The first-order valence-electron chi connectivity index (χ1n) is 8.88. The van der Waals surface area contributed by atoms with Gasteiger partial charge in [0.15, 0.2) is 0 Å². The average molecular weight is 393 g/mol. The second kappa shape index (κ2) is 10.9. The molecule has 27 heavy (non-hydrogen) atoms. The standard InChI is InChI=1S/C16H31N3O8/c1-26-16(15(25)19-6-4-2-3-5-11(17)23)7-9(21)12(18)14(27-16)13(24)10(22)8-20/h9-10,12-14,20-22,24H,2-8,18H2,1H3,(H2,17,23)(H,19,25)/t9-,10+,12+,13+,14+,16-/m0/s1. The number of nitrogens with two attached hydrogens (primary N) is 2. The van der Waals surface area contributed by atoms with Crippen molar-refractivity contribution in [3.63, 3.8) is 0 Å². The topological polar surface area (TPSA) is 198 Å². The largest absolute Gasteiger partial charge is 0.394 e. The number of aliphatic hydroxyl groups is 4. The van der Waals surface area contributed by atoms with Crippen LogP contribution in [0, 0.1) is 0 Å². The predicted molar refractivity (Wildman–Crippen MR) is 93.0 cm³/mol. The van der Waals surface area contributed by atoms with E-state index in [2.05, 4.69) is 5.32 Å². The molecule has 0 unspecified atom stereocenters. The quantitative estimate of drug-likeness (QED) is 0.176. The Morgan fingerprint density at radius 2 is 2.00 bits per heavy atom. The van der Waals surface area contributed by atoms with Crippen molar-refractivity contribution < 1.29 is 39.5 Å². The molecule has 0 aromatic carbocycles. The van der Waals surface area contributed by atoms with Gasteiger partial charge >= 0.3 is 0 Å². The van der Waals surface area contributed by atoms with Gasteiger partial charge < -0.3 is 46.7 Å². The van der Waals surface area contributed by atoms with Crippen molar-refractivity contribution in [1.82, 2.24) is 5.32 Å². The van der Waals surface area contributed by atoms with Crippen LogP contribution in [0.4, 0.5) is 0 Å². The van der Waals surface area contributed by atoms with Gasteiger partial charge in [-0.2, -0.15) is 0 Å². The summed E-state index contributed by atoms with van der Waals surface area (Å²) in [6.45, 7) is -0.470. The number of carbonyl (C=O) groups excluding carboxylic acids is 2. The van der Waals surface area contributed by atoms with E-state index in [-0.39, 0.29) is 25.3 Å². The minimum absolute atomic E-state index is 0.267. The molecule has 9 N–H and O–H groups in total. The fourth-order valence-corrected chi connectivity index (χ4v) is 2.91. The second-order valence-corrected chi connectivity index (χ2v) is 6.66. The van der Waals surface area contributed by atoms with E-state index in [9.17, 15) is 24.9 Å². The minimum atomic E-state index is -1.90. The van der Waals surface area contributed by atoms with Crippen LogP contribution in [0.1, 0.15) is 32.1 Å². The third kappa shape index (κ3) is 6.35. The van der Waals surface area contributed by atoms with Crippen LogP contribution in [0.3, 0.4) is 0 Å². The zero-order chi connectivity index (χ0) is 20.6. The van der Waals surface area contributed by atoms with Crippen LogP contribution in [0.15, 0.2) is 0 Å². The van der Waals surface area contributed by atoms with Crippen molar-refractivity contribution in [1.29, 1.82) is 0 Å². The Morgan fingerprint density at radius 1 is 1.33 bits per heavy atom. The number of aliphatic hydroxyl groups excluding tert-OH is 4. The maximum atomic E-state index is 12.6. The Bertz CT molecular complexity index is 494. The highest BCUT2D eigenvalue weighted by Crippen LogP contribution is 2.32. The number of unbranched alkanes of at least 4 members (excludes halogenated alkanes) is 2. The first-order chi connectivity index (χ1) is 12.7. The van der Waals surface area contributed by atoms with Gasteiger partial charge in [0.25, 0.3) is 11.7 Å². The normalized spacial score (nSPS) is 30.5.